The molecular formula is C21H30O. The van der Waals surface area contributed by atoms with E-state index in [4.69, 9.17) is 4.74 Å². The monoisotopic (exact) mass is 298 g/mol. The normalized spacial score (nSPS) is 47.0. The topological polar surface area (TPSA) is 9.23 Å². The Morgan fingerprint density at radius 1 is 1.09 bits per heavy atom. The van der Waals surface area contributed by atoms with Crippen LogP contribution in [0, 0.1) is 28.6 Å². The molecule has 4 aliphatic carbocycles. The van der Waals surface area contributed by atoms with Crippen LogP contribution in [0.1, 0.15) is 58.8 Å². The molecule has 0 aromatic carbocycles. The van der Waals surface area contributed by atoms with E-state index in [1.165, 1.54) is 44.3 Å². The number of hydrogen-bond acceptors (Lipinski definition) is 1. The van der Waals surface area contributed by atoms with Gasteiger partial charge < -0.3 is 4.74 Å². The summed E-state index contributed by atoms with van der Waals surface area (Å²) in [5.74, 6) is 3.80. The van der Waals surface area contributed by atoms with E-state index < -0.39 is 0 Å². The third-order valence-electron chi connectivity index (χ3n) is 7.95. The summed E-state index contributed by atoms with van der Waals surface area (Å²) in [7, 11) is 1.82. The lowest BCUT2D eigenvalue weighted by Gasteiger charge is -2.56. The van der Waals surface area contributed by atoms with Gasteiger partial charge in [0, 0.05) is 6.42 Å². The molecule has 0 bridgehead atoms. The first kappa shape index (κ1) is 14.6. The minimum Gasteiger partial charge on any atom is -0.501 e. The Morgan fingerprint density at radius 3 is 2.64 bits per heavy atom. The summed E-state index contributed by atoms with van der Waals surface area (Å²) in [6.07, 6.45) is 14.0. The number of hydrogen-bond donors (Lipinski definition) is 0. The molecule has 4 rings (SSSR count). The van der Waals surface area contributed by atoms with Crippen molar-refractivity contribution in [3.8, 4) is 0 Å². The van der Waals surface area contributed by atoms with Crippen molar-refractivity contribution in [1.29, 1.82) is 0 Å². The first-order valence-electron chi connectivity index (χ1n) is 9.12. The van der Waals surface area contributed by atoms with Crippen LogP contribution in [0.2, 0.25) is 0 Å². The molecule has 0 radical (unpaired) electrons. The first-order valence-corrected chi connectivity index (χ1v) is 9.12. The van der Waals surface area contributed by atoms with Crippen LogP contribution in [0.15, 0.2) is 35.6 Å². The molecule has 1 nitrogen and oxygen atoms in total. The predicted molar refractivity (Wildman–Crippen MR) is 91.3 cm³/mol. The molecule has 4 aliphatic rings. The van der Waals surface area contributed by atoms with Gasteiger partial charge in [0.25, 0.3) is 0 Å². The van der Waals surface area contributed by atoms with Gasteiger partial charge in [-0.2, -0.15) is 0 Å². The summed E-state index contributed by atoms with van der Waals surface area (Å²) in [5, 5.41) is 0. The van der Waals surface area contributed by atoms with E-state index in [9.17, 15) is 0 Å². The average Bonchev–Trinajstić information content (AvgIpc) is 2.82. The lowest BCUT2D eigenvalue weighted by molar-refractivity contribution is -0.00817. The van der Waals surface area contributed by atoms with Crippen LogP contribution in [0.4, 0.5) is 0 Å². The van der Waals surface area contributed by atoms with Crippen LogP contribution in [0.5, 0.6) is 0 Å². The van der Waals surface area contributed by atoms with E-state index in [0.717, 1.165) is 24.2 Å². The molecule has 120 valence electrons. The van der Waals surface area contributed by atoms with Crippen LogP contribution in [0.3, 0.4) is 0 Å². The summed E-state index contributed by atoms with van der Waals surface area (Å²) in [4.78, 5) is 0. The fourth-order valence-electron chi connectivity index (χ4n) is 6.37. The predicted octanol–water partition coefficient (Wildman–Crippen LogP) is 5.65. The van der Waals surface area contributed by atoms with Crippen molar-refractivity contribution in [2.75, 3.05) is 7.11 Å². The van der Waals surface area contributed by atoms with Gasteiger partial charge in [-0.25, -0.2) is 0 Å². The highest BCUT2D eigenvalue weighted by atomic mass is 16.5. The van der Waals surface area contributed by atoms with Crippen molar-refractivity contribution in [2.24, 2.45) is 28.6 Å². The Morgan fingerprint density at radius 2 is 1.86 bits per heavy atom. The van der Waals surface area contributed by atoms with E-state index in [1.54, 1.807) is 11.1 Å². The average molecular weight is 298 g/mol. The van der Waals surface area contributed by atoms with E-state index >= 15 is 0 Å². The Hall–Kier alpha value is -0.980. The zero-order valence-electron chi connectivity index (χ0n) is 14.5. The fourth-order valence-corrected chi connectivity index (χ4v) is 6.37. The maximum absolute atomic E-state index is 5.53. The minimum absolute atomic E-state index is 0.385. The van der Waals surface area contributed by atoms with Gasteiger partial charge in [0.05, 0.1) is 12.9 Å². The van der Waals surface area contributed by atoms with Crippen molar-refractivity contribution in [1.82, 2.24) is 0 Å². The Kier molecular flexibility index (Phi) is 3.16. The smallest absolute Gasteiger partial charge is 0.0958 e. The van der Waals surface area contributed by atoms with E-state index in [-0.39, 0.29) is 0 Å². The van der Waals surface area contributed by atoms with Gasteiger partial charge in [-0.15, -0.1) is 0 Å². The Labute approximate surface area is 135 Å². The maximum atomic E-state index is 5.53. The molecule has 2 fully saturated rings. The molecule has 0 heterocycles. The van der Waals surface area contributed by atoms with Gasteiger partial charge in [0.2, 0.25) is 0 Å². The number of ether oxygens (including phenoxy) is 1. The first-order chi connectivity index (χ1) is 10.5. The van der Waals surface area contributed by atoms with Crippen LogP contribution < -0.4 is 0 Å². The quantitative estimate of drug-likeness (QED) is 0.569. The second-order valence-corrected chi connectivity index (χ2v) is 8.60. The molecule has 0 unspecified atom stereocenters. The summed E-state index contributed by atoms with van der Waals surface area (Å²) in [6.45, 7) is 9.47. The van der Waals surface area contributed by atoms with Gasteiger partial charge in [-0.05, 0) is 78.8 Å². The highest BCUT2D eigenvalue weighted by Crippen LogP contribution is 2.65. The molecule has 0 saturated heterocycles. The van der Waals surface area contributed by atoms with Crippen LogP contribution in [0.25, 0.3) is 0 Å². The van der Waals surface area contributed by atoms with Gasteiger partial charge in [-0.3, -0.25) is 0 Å². The zero-order chi connectivity index (χ0) is 15.5. The van der Waals surface area contributed by atoms with Crippen molar-refractivity contribution < 1.29 is 4.74 Å². The number of allylic oxidation sites excluding steroid dienone is 5. The number of fused-ring (bicyclic) bond motifs is 5. The Balaban J connectivity index is 1.71. The molecule has 0 amide bonds. The lowest BCUT2D eigenvalue weighted by atomic mass is 9.48. The van der Waals surface area contributed by atoms with Crippen LogP contribution >= 0.6 is 0 Å². The largest absolute Gasteiger partial charge is 0.501 e. The second-order valence-electron chi connectivity index (χ2n) is 8.60. The summed E-state index contributed by atoms with van der Waals surface area (Å²) < 4.78 is 5.53. The summed E-state index contributed by atoms with van der Waals surface area (Å²) in [5.41, 5.74) is 3.93. The van der Waals surface area contributed by atoms with E-state index in [2.05, 4.69) is 32.6 Å². The van der Waals surface area contributed by atoms with Crippen molar-refractivity contribution >= 4 is 0 Å². The minimum atomic E-state index is 0.385. The molecular weight excluding hydrogens is 268 g/mol. The SMILES string of the molecule is C=C1CC[C@H]2[C@@H]3CC=C4C=C(OC)CC[C@]4(C)[C@@H]3CC[C@]12C. The maximum Gasteiger partial charge on any atom is 0.0958 e. The molecule has 0 N–H and O–H groups in total. The molecule has 1 heteroatoms. The van der Waals surface area contributed by atoms with Crippen LogP contribution in [-0.2, 0) is 4.74 Å². The third-order valence-corrected chi connectivity index (χ3v) is 7.95. The molecule has 0 aliphatic heterocycles. The fraction of sp³-hybridized carbons (Fsp3) is 0.714. The van der Waals surface area contributed by atoms with Crippen LogP contribution in [-0.4, -0.2) is 7.11 Å². The van der Waals surface area contributed by atoms with Crippen molar-refractivity contribution in [3.63, 3.8) is 0 Å². The second kappa shape index (κ2) is 4.76. The number of rotatable bonds is 1. The highest BCUT2D eigenvalue weighted by molar-refractivity contribution is 5.36. The summed E-state index contributed by atoms with van der Waals surface area (Å²) in [6, 6.07) is 0. The van der Waals surface area contributed by atoms with E-state index in [0.29, 0.717) is 10.8 Å². The van der Waals surface area contributed by atoms with E-state index in [1.807, 2.05) is 7.11 Å². The zero-order valence-corrected chi connectivity index (χ0v) is 14.5. The molecule has 0 aromatic heterocycles. The molecule has 0 aromatic rings. The van der Waals surface area contributed by atoms with Crippen molar-refractivity contribution in [3.05, 3.63) is 35.6 Å². The van der Waals surface area contributed by atoms with Gasteiger partial charge >= 0.3 is 0 Å². The number of methoxy groups -OCH3 is 1. The van der Waals surface area contributed by atoms with Gasteiger partial charge in [-0.1, -0.05) is 32.1 Å². The third kappa shape index (κ3) is 1.77. The van der Waals surface area contributed by atoms with Gasteiger partial charge in [0.15, 0.2) is 0 Å². The lowest BCUT2D eigenvalue weighted by Crippen LogP contribution is -2.48. The Bertz CT molecular complexity index is 568. The van der Waals surface area contributed by atoms with Gasteiger partial charge in [0.1, 0.15) is 0 Å². The highest BCUT2D eigenvalue weighted by Gasteiger charge is 2.56. The standard InChI is InChI=1S/C21H30O/c1-14-5-8-18-17-7-6-15-13-16(22-4)9-11-21(15,3)19(17)10-12-20(14,18)2/h6,13,17-19H,1,5,7-12H2,2-4H3/t17-,18-,19+,20+,21-/m0/s1. The molecule has 5 atom stereocenters. The molecule has 0 spiro atoms. The summed E-state index contributed by atoms with van der Waals surface area (Å²) >= 11 is 0. The molecule has 2 saturated carbocycles. The van der Waals surface area contributed by atoms with Crippen molar-refractivity contribution in [2.45, 2.75) is 58.8 Å². The molecule has 22 heavy (non-hydrogen) atoms.